The predicted molar refractivity (Wildman–Crippen MR) is 56.6 cm³/mol. The van der Waals surface area contributed by atoms with E-state index in [4.69, 9.17) is 10.8 Å². The molecule has 2 amide bonds. The summed E-state index contributed by atoms with van der Waals surface area (Å²) >= 11 is 3.75. The molecule has 0 aromatic rings. The molecule has 0 heterocycles. The second-order valence-corrected chi connectivity index (χ2v) is 2.99. The fourth-order valence-corrected chi connectivity index (χ4v) is 0.929. The summed E-state index contributed by atoms with van der Waals surface area (Å²) in [5, 5.41) is 13.0. The third kappa shape index (κ3) is 7.94. The molecule has 0 rings (SSSR count). The molecule has 0 unspecified atom stereocenters. The summed E-state index contributed by atoms with van der Waals surface area (Å²) in [4.78, 5) is 32.2. The van der Waals surface area contributed by atoms with Gasteiger partial charge < -0.3 is 22.9 Å². The van der Waals surface area contributed by atoms with E-state index in [-0.39, 0.29) is 49.8 Å². The van der Waals surface area contributed by atoms with Gasteiger partial charge in [0.25, 0.3) is 0 Å². The number of carbonyl (C=O) groups excluding carboxylic acids is 2. The first-order chi connectivity index (χ1) is 7.01. The van der Waals surface area contributed by atoms with Gasteiger partial charge in [0.05, 0.1) is 13.1 Å². The molecular weight excluding hydrogens is 245 g/mol. The Kier molecular flexibility index (Phi) is 11.2. The normalized spacial score (nSPS) is 10.9. The van der Waals surface area contributed by atoms with Gasteiger partial charge in [0, 0.05) is 5.75 Å². The number of hydrogen-bond donors (Lipinski definition) is 5. The average molecular weight is 259 g/mol. The van der Waals surface area contributed by atoms with Crippen LogP contribution in [0.1, 0.15) is 1.43 Å². The van der Waals surface area contributed by atoms with E-state index in [0.717, 1.165) is 0 Å². The molecule has 9 heteroatoms. The molecule has 0 aromatic carbocycles. The molecule has 7 nitrogen and oxygen atoms in total. The molecule has 0 bridgehead atoms. The van der Waals surface area contributed by atoms with Crippen molar-refractivity contribution >= 4 is 30.4 Å². The number of thiol groups is 1. The minimum absolute atomic E-state index is 0. The first-order valence-corrected chi connectivity index (χ1v) is 4.74. The Labute approximate surface area is 122 Å². The van der Waals surface area contributed by atoms with Crippen LogP contribution in [0.15, 0.2) is 0 Å². The van der Waals surface area contributed by atoms with Crippen LogP contribution >= 0.6 is 12.6 Å². The molecule has 1 atom stereocenters. The second kappa shape index (κ2) is 9.91. The third-order valence-electron chi connectivity index (χ3n) is 1.45. The molecule has 0 aliphatic rings. The summed E-state index contributed by atoms with van der Waals surface area (Å²) < 4.78 is 0. The Balaban J connectivity index is -0.000000980. The molecule has 16 heavy (non-hydrogen) atoms. The van der Waals surface area contributed by atoms with Crippen molar-refractivity contribution in [3.8, 4) is 0 Å². The molecule has 0 aromatic heterocycles. The van der Waals surface area contributed by atoms with Crippen molar-refractivity contribution in [3.05, 3.63) is 0 Å². The van der Waals surface area contributed by atoms with Crippen LogP contribution in [-0.4, -0.2) is 47.8 Å². The van der Waals surface area contributed by atoms with Crippen molar-refractivity contribution in [1.82, 2.24) is 10.6 Å². The van der Waals surface area contributed by atoms with Gasteiger partial charge in [-0.3, -0.25) is 9.59 Å². The van der Waals surface area contributed by atoms with E-state index in [1.807, 2.05) is 0 Å². The number of carboxylic acid groups (broad SMARTS) is 1. The third-order valence-corrected chi connectivity index (χ3v) is 1.81. The molecule has 0 saturated carbocycles. The molecule has 88 valence electrons. The van der Waals surface area contributed by atoms with Gasteiger partial charge in [0.1, 0.15) is 6.04 Å². The monoisotopic (exact) mass is 259 g/mol. The number of carbonyl (C=O) groups is 3. The van der Waals surface area contributed by atoms with Crippen molar-refractivity contribution in [2.45, 2.75) is 6.04 Å². The Morgan fingerprint density at radius 1 is 1.38 bits per heavy atom. The van der Waals surface area contributed by atoms with Gasteiger partial charge in [-0.1, -0.05) is 0 Å². The number of amides is 2. The molecular formula is C7H14N3NaO4S. The van der Waals surface area contributed by atoms with Crippen molar-refractivity contribution in [1.29, 1.82) is 0 Å². The van der Waals surface area contributed by atoms with Crippen LogP contribution < -0.4 is 45.9 Å². The van der Waals surface area contributed by atoms with Crippen molar-refractivity contribution < 1.29 is 50.5 Å². The zero-order valence-electron chi connectivity index (χ0n) is 9.90. The summed E-state index contributed by atoms with van der Waals surface area (Å²) in [6, 6.07) is -1.06. The van der Waals surface area contributed by atoms with Crippen LogP contribution in [0.5, 0.6) is 0 Å². The molecule has 0 spiro atoms. The van der Waals surface area contributed by atoms with E-state index < -0.39 is 23.8 Å². The second-order valence-electron chi connectivity index (χ2n) is 2.62. The quantitative estimate of drug-likeness (QED) is 0.241. The largest absolute Gasteiger partial charge is 1.00 e. The number of hydrogen-bond acceptors (Lipinski definition) is 5. The predicted octanol–water partition coefficient (Wildman–Crippen LogP) is -5.32. The van der Waals surface area contributed by atoms with Crippen molar-refractivity contribution in [3.63, 3.8) is 0 Å². The average Bonchev–Trinajstić information content (AvgIpc) is 2.21. The maximum Gasteiger partial charge on any atom is 1.00 e. The molecule has 0 aliphatic carbocycles. The van der Waals surface area contributed by atoms with Gasteiger partial charge in [-0.15, -0.1) is 0 Å². The first kappa shape index (κ1) is 18.1. The van der Waals surface area contributed by atoms with Gasteiger partial charge in [-0.05, 0) is 0 Å². The Morgan fingerprint density at radius 2 is 1.94 bits per heavy atom. The van der Waals surface area contributed by atoms with E-state index in [0.29, 0.717) is 0 Å². The number of carboxylic acids is 1. The Hall–Kier alpha value is -0.280. The van der Waals surface area contributed by atoms with E-state index in [2.05, 4.69) is 23.3 Å². The van der Waals surface area contributed by atoms with E-state index in [9.17, 15) is 14.4 Å². The summed E-state index contributed by atoms with van der Waals surface area (Å²) in [5.74, 6) is -2.28. The number of aliphatic carboxylic acids is 1. The summed E-state index contributed by atoms with van der Waals surface area (Å²) in [5.41, 5.74) is 4.98. The van der Waals surface area contributed by atoms with E-state index >= 15 is 0 Å². The van der Waals surface area contributed by atoms with Crippen LogP contribution in [0.25, 0.3) is 0 Å². The van der Waals surface area contributed by atoms with Gasteiger partial charge in [-0.25, -0.2) is 4.79 Å². The standard InChI is InChI=1S/C7H13N3O4S.Na.H/c8-1-5(11)9-2-6(12)10-4(3-15)7(13)14;;/h4,15H,1-3,8H2,(H,9,11)(H,10,12)(H,13,14);;/q;+1;-1/t4-;;/m0../s1. The maximum absolute atomic E-state index is 11.1. The van der Waals surface area contributed by atoms with E-state index in [1.165, 1.54) is 0 Å². The smallest absolute Gasteiger partial charge is 1.00 e. The van der Waals surface area contributed by atoms with Gasteiger partial charge in [-0.2, -0.15) is 12.6 Å². The van der Waals surface area contributed by atoms with Gasteiger partial charge in [0.2, 0.25) is 11.8 Å². The number of nitrogens with one attached hydrogen (secondary N) is 2. The summed E-state index contributed by atoms with van der Waals surface area (Å²) in [7, 11) is 0. The van der Waals surface area contributed by atoms with Gasteiger partial charge in [0.15, 0.2) is 0 Å². The number of nitrogens with two attached hydrogens (primary N) is 1. The SMILES string of the molecule is NCC(=O)NCC(=O)N[C@@H](CS)C(=O)O.[H-].[Na+]. The maximum atomic E-state index is 11.1. The minimum Gasteiger partial charge on any atom is -1.00 e. The van der Waals surface area contributed by atoms with E-state index in [1.54, 1.807) is 0 Å². The van der Waals surface area contributed by atoms with Crippen LogP contribution in [0.4, 0.5) is 0 Å². The van der Waals surface area contributed by atoms with Crippen LogP contribution in [-0.2, 0) is 14.4 Å². The first-order valence-electron chi connectivity index (χ1n) is 4.11. The summed E-state index contributed by atoms with van der Waals surface area (Å²) in [6.07, 6.45) is 0. The van der Waals surface area contributed by atoms with Crippen molar-refractivity contribution in [2.75, 3.05) is 18.8 Å². The molecule has 5 N–H and O–H groups in total. The van der Waals surface area contributed by atoms with Gasteiger partial charge >= 0.3 is 35.5 Å². The fourth-order valence-electron chi connectivity index (χ4n) is 0.682. The van der Waals surface area contributed by atoms with Crippen LogP contribution in [0.3, 0.4) is 0 Å². The van der Waals surface area contributed by atoms with Crippen LogP contribution in [0, 0.1) is 0 Å². The van der Waals surface area contributed by atoms with Crippen LogP contribution in [0.2, 0.25) is 0 Å². The Bertz CT molecular complexity index is 270. The summed E-state index contributed by atoms with van der Waals surface area (Å²) in [6.45, 7) is -0.518. The molecule has 0 saturated heterocycles. The zero-order chi connectivity index (χ0) is 11.8. The van der Waals surface area contributed by atoms with Crippen molar-refractivity contribution in [2.24, 2.45) is 5.73 Å². The molecule has 0 fully saturated rings. The molecule has 0 aliphatic heterocycles. The minimum atomic E-state index is -1.18. The number of rotatable bonds is 6. The zero-order valence-corrected chi connectivity index (χ0v) is 11.8. The fraction of sp³-hybridized carbons (Fsp3) is 0.571. The molecule has 0 radical (unpaired) electrons. The Morgan fingerprint density at radius 3 is 2.31 bits per heavy atom. The topological polar surface area (TPSA) is 122 Å².